The van der Waals surface area contributed by atoms with Gasteiger partial charge in [-0.2, -0.15) is 5.10 Å². The summed E-state index contributed by atoms with van der Waals surface area (Å²) in [6.45, 7) is 0. The van der Waals surface area contributed by atoms with Crippen LogP contribution in [0.5, 0.6) is 17.2 Å². The number of phenolic OH excluding ortho intramolecular Hbond substituents is 3. The van der Waals surface area contributed by atoms with Crippen molar-refractivity contribution in [2.24, 2.45) is 0 Å². The van der Waals surface area contributed by atoms with Crippen molar-refractivity contribution in [2.45, 2.75) is 0 Å². The molecule has 0 aliphatic heterocycles. The number of nitrogens with zero attached hydrogens (tertiary/aromatic N) is 1. The number of rotatable bonds is 2. The quantitative estimate of drug-likeness (QED) is 0.545. The Morgan fingerprint density at radius 3 is 2.29 bits per heavy atom. The van der Waals surface area contributed by atoms with E-state index in [1.54, 1.807) is 18.3 Å². The Kier molecular flexibility index (Phi) is 3.19. The smallest absolute Gasteiger partial charge is 0.200 e. The summed E-state index contributed by atoms with van der Waals surface area (Å²) in [4.78, 5) is 0. The van der Waals surface area contributed by atoms with Crippen LogP contribution in [0.1, 0.15) is 0 Å². The maximum atomic E-state index is 9.99. The molecule has 6 heteroatoms. The van der Waals surface area contributed by atoms with Gasteiger partial charge in [0.1, 0.15) is 0 Å². The summed E-state index contributed by atoms with van der Waals surface area (Å²) in [5, 5.41) is 36.4. The van der Waals surface area contributed by atoms with Gasteiger partial charge in [0.05, 0.1) is 11.9 Å². The van der Waals surface area contributed by atoms with E-state index in [2.05, 4.69) is 10.2 Å². The summed E-state index contributed by atoms with van der Waals surface area (Å²) in [6.07, 6.45) is 1.61. The highest BCUT2D eigenvalue weighted by Crippen LogP contribution is 2.43. The number of phenols is 3. The van der Waals surface area contributed by atoms with Crippen LogP contribution in [-0.4, -0.2) is 25.5 Å². The van der Waals surface area contributed by atoms with E-state index in [0.29, 0.717) is 16.3 Å². The number of aromatic amines is 1. The number of aromatic nitrogens is 2. The first-order chi connectivity index (χ1) is 10.1. The van der Waals surface area contributed by atoms with Crippen molar-refractivity contribution in [3.05, 3.63) is 47.6 Å². The molecule has 0 aliphatic carbocycles. The maximum Gasteiger partial charge on any atom is 0.200 e. The van der Waals surface area contributed by atoms with Gasteiger partial charge in [-0.15, -0.1) is 0 Å². The molecule has 0 amide bonds. The molecule has 0 saturated heterocycles. The molecule has 106 valence electrons. The molecule has 1 heterocycles. The standard InChI is InChI=1S/C15H11ClN2O3/c16-9-3-1-8(2-4-9)11-7-17-18-13(11)10-5-6-12(19)15(21)14(10)20/h1-7,19-21H,(H,17,18). The van der Waals surface area contributed by atoms with Crippen LogP contribution in [-0.2, 0) is 0 Å². The zero-order valence-corrected chi connectivity index (χ0v) is 11.5. The number of hydrogen-bond acceptors (Lipinski definition) is 4. The van der Waals surface area contributed by atoms with Gasteiger partial charge in [-0.3, -0.25) is 5.10 Å². The Labute approximate surface area is 125 Å². The molecule has 3 rings (SSSR count). The number of H-pyrrole nitrogens is 1. The summed E-state index contributed by atoms with van der Waals surface area (Å²) < 4.78 is 0. The van der Waals surface area contributed by atoms with Gasteiger partial charge in [0.25, 0.3) is 0 Å². The number of aromatic hydroxyl groups is 3. The summed E-state index contributed by atoms with van der Waals surface area (Å²) in [5.41, 5.74) is 2.47. The second kappa shape index (κ2) is 5.03. The molecule has 5 nitrogen and oxygen atoms in total. The average molecular weight is 303 g/mol. The largest absolute Gasteiger partial charge is 0.504 e. The number of nitrogens with one attached hydrogen (secondary N) is 1. The van der Waals surface area contributed by atoms with Crippen molar-refractivity contribution in [3.8, 4) is 39.6 Å². The number of halogens is 1. The fraction of sp³-hybridized carbons (Fsp3) is 0. The van der Waals surface area contributed by atoms with Crippen LogP contribution in [0.25, 0.3) is 22.4 Å². The SMILES string of the molecule is Oc1ccc(-c2[nH]ncc2-c2ccc(Cl)cc2)c(O)c1O. The van der Waals surface area contributed by atoms with Crippen LogP contribution in [0.3, 0.4) is 0 Å². The first kappa shape index (κ1) is 13.3. The molecular weight excluding hydrogens is 292 g/mol. The number of hydrogen-bond donors (Lipinski definition) is 4. The number of benzene rings is 2. The van der Waals surface area contributed by atoms with Crippen LogP contribution >= 0.6 is 11.6 Å². The second-order valence-corrected chi connectivity index (χ2v) is 4.93. The molecule has 0 fully saturated rings. The minimum absolute atomic E-state index is 0.341. The summed E-state index contributed by atoms with van der Waals surface area (Å²) in [6, 6.07) is 9.96. The van der Waals surface area contributed by atoms with E-state index in [9.17, 15) is 15.3 Å². The minimum atomic E-state index is -0.566. The normalized spacial score (nSPS) is 10.7. The zero-order chi connectivity index (χ0) is 15.0. The molecular formula is C15H11ClN2O3. The van der Waals surface area contributed by atoms with E-state index in [1.807, 2.05) is 12.1 Å². The first-order valence-corrected chi connectivity index (χ1v) is 6.49. The molecule has 4 N–H and O–H groups in total. The predicted molar refractivity (Wildman–Crippen MR) is 79.5 cm³/mol. The highest BCUT2D eigenvalue weighted by molar-refractivity contribution is 6.30. The van der Waals surface area contributed by atoms with E-state index in [1.165, 1.54) is 12.1 Å². The summed E-state index contributed by atoms with van der Waals surface area (Å²) >= 11 is 5.87. The molecule has 0 radical (unpaired) electrons. The third-order valence-corrected chi connectivity index (χ3v) is 3.45. The molecule has 0 aliphatic rings. The van der Waals surface area contributed by atoms with Crippen molar-refractivity contribution < 1.29 is 15.3 Å². The lowest BCUT2D eigenvalue weighted by molar-refractivity contribution is 0.369. The van der Waals surface area contributed by atoms with Crippen molar-refractivity contribution in [1.29, 1.82) is 0 Å². The second-order valence-electron chi connectivity index (χ2n) is 4.50. The lowest BCUT2D eigenvalue weighted by atomic mass is 10.0. The molecule has 0 bridgehead atoms. The van der Waals surface area contributed by atoms with E-state index < -0.39 is 11.5 Å². The average Bonchev–Trinajstić information content (AvgIpc) is 2.95. The highest BCUT2D eigenvalue weighted by Gasteiger charge is 2.17. The first-order valence-electron chi connectivity index (χ1n) is 6.11. The maximum absolute atomic E-state index is 9.99. The summed E-state index contributed by atoms with van der Waals surface area (Å²) in [7, 11) is 0. The van der Waals surface area contributed by atoms with Crippen molar-refractivity contribution in [2.75, 3.05) is 0 Å². The fourth-order valence-corrected chi connectivity index (χ4v) is 2.24. The van der Waals surface area contributed by atoms with E-state index in [-0.39, 0.29) is 5.75 Å². The Morgan fingerprint density at radius 1 is 0.857 bits per heavy atom. The molecule has 21 heavy (non-hydrogen) atoms. The van der Waals surface area contributed by atoms with Gasteiger partial charge in [0, 0.05) is 16.1 Å². The Morgan fingerprint density at radius 2 is 1.57 bits per heavy atom. The molecule has 0 spiro atoms. The topological polar surface area (TPSA) is 89.4 Å². The Bertz CT molecular complexity index is 797. The molecule has 0 unspecified atom stereocenters. The zero-order valence-electron chi connectivity index (χ0n) is 10.7. The summed E-state index contributed by atoms with van der Waals surface area (Å²) in [5.74, 6) is -1.36. The minimum Gasteiger partial charge on any atom is -0.504 e. The molecule has 3 aromatic rings. The third-order valence-electron chi connectivity index (χ3n) is 3.19. The van der Waals surface area contributed by atoms with Gasteiger partial charge in [0.2, 0.25) is 5.75 Å². The van der Waals surface area contributed by atoms with Crippen molar-refractivity contribution >= 4 is 11.6 Å². The fourth-order valence-electron chi connectivity index (χ4n) is 2.11. The van der Waals surface area contributed by atoms with Gasteiger partial charge < -0.3 is 15.3 Å². The van der Waals surface area contributed by atoms with Crippen LogP contribution < -0.4 is 0 Å². The van der Waals surface area contributed by atoms with Crippen molar-refractivity contribution in [3.63, 3.8) is 0 Å². The Hall–Kier alpha value is -2.66. The van der Waals surface area contributed by atoms with E-state index >= 15 is 0 Å². The lowest BCUT2D eigenvalue weighted by Crippen LogP contribution is -1.85. The van der Waals surface area contributed by atoms with Gasteiger partial charge in [-0.25, -0.2) is 0 Å². The highest BCUT2D eigenvalue weighted by atomic mass is 35.5. The van der Waals surface area contributed by atoms with Crippen LogP contribution in [0.2, 0.25) is 5.02 Å². The van der Waals surface area contributed by atoms with Gasteiger partial charge in [-0.1, -0.05) is 23.7 Å². The van der Waals surface area contributed by atoms with E-state index in [0.717, 1.165) is 11.1 Å². The lowest BCUT2D eigenvalue weighted by Gasteiger charge is -2.08. The van der Waals surface area contributed by atoms with Gasteiger partial charge in [-0.05, 0) is 29.8 Å². The monoisotopic (exact) mass is 302 g/mol. The Balaban J connectivity index is 2.16. The van der Waals surface area contributed by atoms with Crippen LogP contribution in [0.4, 0.5) is 0 Å². The molecule has 0 atom stereocenters. The van der Waals surface area contributed by atoms with Crippen LogP contribution in [0, 0.1) is 0 Å². The third kappa shape index (κ3) is 2.28. The predicted octanol–water partition coefficient (Wildman–Crippen LogP) is 3.51. The van der Waals surface area contributed by atoms with Crippen molar-refractivity contribution in [1.82, 2.24) is 10.2 Å². The molecule has 1 aromatic heterocycles. The van der Waals surface area contributed by atoms with Crippen LogP contribution in [0.15, 0.2) is 42.6 Å². The van der Waals surface area contributed by atoms with Gasteiger partial charge in [0.15, 0.2) is 11.5 Å². The van der Waals surface area contributed by atoms with Gasteiger partial charge >= 0.3 is 0 Å². The molecule has 2 aromatic carbocycles. The molecule has 0 saturated carbocycles. The van der Waals surface area contributed by atoms with E-state index in [4.69, 9.17) is 11.6 Å².